The first-order valence-corrected chi connectivity index (χ1v) is 1.99. The van der Waals surface area contributed by atoms with Gasteiger partial charge < -0.3 is 4.74 Å². The van der Waals surface area contributed by atoms with Crippen LogP contribution < -0.4 is 0 Å². The van der Waals surface area contributed by atoms with E-state index in [1.807, 2.05) is 0 Å². The molecule has 3 nitrogen and oxygen atoms in total. The van der Waals surface area contributed by atoms with Crippen molar-refractivity contribution >= 4 is 12.4 Å². The summed E-state index contributed by atoms with van der Waals surface area (Å²) in [4.78, 5) is 10.0. The first-order chi connectivity index (χ1) is 3.31. The Morgan fingerprint density at radius 3 is 2.71 bits per heavy atom. The summed E-state index contributed by atoms with van der Waals surface area (Å²) in [5.74, 6) is -0.366. The van der Waals surface area contributed by atoms with Crippen LogP contribution in [0.1, 0.15) is 13.3 Å². The number of ether oxygens (including phenoxy) is 1. The molecule has 0 unspecified atom stereocenters. The van der Waals surface area contributed by atoms with Crippen LogP contribution in [-0.2, 0) is 9.53 Å². The summed E-state index contributed by atoms with van der Waals surface area (Å²) in [5.41, 5.74) is 0. The number of rotatable bonds is 2. The highest BCUT2D eigenvalue weighted by molar-refractivity contribution is 5.76. The zero-order valence-corrected chi connectivity index (χ0v) is 4.10. The average Bonchev–Trinajstić information content (AvgIpc) is 1.68. The molecule has 0 aromatic heterocycles. The van der Waals surface area contributed by atoms with E-state index >= 15 is 0 Å². The molecule has 0 spiro atoms. The third kappa shape index (κ3) is 2.96. The Balaban J connectivity index is 3.17. The molecule has 0 aromatic rings. The van der Waals surface area contributed by atoms with Gasteiger partial charge in [0.1, 0.15) is 0 Å². The van der Waals surface area contributed by atoms with Gasteiger partial charge in [-0.05, 0) is 0 Å². The summed E-state index contributed by atoms with van der Waals surface area (Å²) in [6.45, 7) is 1.67. The number of esters is 1. The fourth-order valence-electron chi connectivity index (χ4n) is 0.149. The Bertz CT molecular complexity index is 79.8. The van der Waals surface area contributed by atoms with E-state index < -0.39 is 0 Å². The van der Waals surface area contributed by atoms with Crippen LogP contribution in [0.25, 0.3) is 0 Å². The smallest absolute Gasteiger partial charge is 0.311 e. The summed E-state index contributed by atoms with van der Waals surface area (Å²) < 4.78 is 4.09. The van der Waals surface area contributed by atoms with Crippen molar-refractivity contribution in [1.29, 1.82) is 5.41 Å². The van der Waals surface area contributed by atoms with Crippen LogP contribution in [0.5, 0.6) is 0 Å². The highest BCUT2D eigenvalue weighted by atomic mass is 16.5. The van der Waals surface area contributed by atoms with Crippen molar-refractivity contribution in [2.75, 3.05) is 0 Å². The molecular weight excluding hydrogens is 94.0 g/mol. The van der Waals surface area contributed by atoms with E-state index in [2.05, 4.69) is 4.74 Å². The molecule has 0 amide bonds. The average molecular weight is 101 g/mol. The van der Waals surface area contributed by atoms with Gasteiger partial charge in [-0.25, -0.2) is 0 Å². The second kappa shape index (κ2) is 3.33. The van der Waals surface area contributed by atoms with Gasteiger partial charge in [-0.3, -0.25) is 10.2 Å². The zero-order chi connectivity index (χ0) is 5.70. The molecule has 0 aliphatic rings. The summed E-state index contributed by atoms with van der Waals surface area (Å²) in [6, 6.07) is 0. The SMILES string of the molecule is CCC(=O)OC=N. The van der Waals surface area contributed by atoms with Gasteiger partial charge in [-0.2, -0.15) is 0 Å². The highest BCUT2D eigenvalue weighted by Crippen LogP contribution is 1.77. The van der Waals surface area contributed by atoms with Crippen LogP contribution in [0.2, 0.25) is 0 Å². The second-order valence-corrected chi connectivity index (χ2v) is 0.961. The molecule has 0 aromatic carbocycles. The predicted octanol–water partition coefficient (Wildman–Crippen LogP) is 0.547. The van der Waals surface area contributed by atoms with Gasteiger partial charge in [0.05, 0.1) is 0 Å². The van der Waals surface area contributed by atoms with Crippen molar-refractivity contribution in [3.8, 4) is 0 Å². The molecule has 3 heteroatoms. The van der Waals surface area contributed by atoms with Crippen molar-refractivity contribution in [3.63, 3.8) is 0 Å². The maximum Gasteiger partial charge on any atom is 0.311 e. The Morgan fingerprint density at radius 1 is 2.00 bits per heavy atom. The minimum Gasteiger partial charge on any atom is -0.415 e. The Hall–Kier alpha value is -0.860. The van der Waals surface area contributed by atoms with Crippen LogP contribution >= 0.6 is 0 Å². The maximum absolute atomic E-state index is 10.0. The van der Waals surface area contributed by atoms with E-state index in [-0.39, 0.29) is 5.97 Å². The summed E-state index contributed by atoms with van der Waals surface area (Å²) in [6.07, 6.45) is 0.960. The van der Waals surface area contributed by atoms with Gasteiger partial charge in [-0.1, -0.05) is 6.92 Å². The normalized spacial score (nSPS) is 7.57. The lowest BCUT2D eigenvalue weighted by atomic mass is 10.5. The van der Waals surface area contributed by atoms with E-state index in [4.69, 9.17) is 5.41 Å². The van der Waals surface area contributed by atoms with Gasteiger partial charge in [0.15, 0.2) is 6.40 Å². The topological polar surface area (TPSA) is 50.2 Å². The molecule has 0 saturated carbocycles. The summed E-state index contributed by atoms with van der Waals surface area (Å²) in [5, 5.41) is 6.27. The van der Waals surface area contributed by atoms with E-state index in [0.29, 0.717) is 12.8 Å². The number of hydrogen-bond donors (Lipinski definition) is 1. The van der Waals surface area contributed by atoms with Crippen LogP contribution in [-0.4, -0.2) is 12.4 Å². The van der Waals surface area contributed by atoms with Crippen molar-refractivity contribution < 1.29 is 9.53 Å². The van der Waals surface area contributed by atoms with Crippen molar-refractivity contribution in [1.82, 2.24) is 0 Å². The van der Waals surface area contributed by atoms with Crippen LogP contribution in [0.4, 0.5) is 0 Å². The molecule has 0 aliphatic carbocycles. The van der Waals surface area contributed by atoms with Gasteiger partial charge >= 0.3 is 5.97 Å². The van der Waals surface area contributed by atoms with Crippen molar-refractivity contribution in [2.24, 2.45) is 0 Å². The second-order valence-electron chi connectivity index (χ2n) is 0.961. The Morgan fingerprint density at radius 2 is 2.57 bits per heavy atom. The van der Waals surface area contributed by atoms with E-state index in [9.17, 15) is 4.79 Å². The lowest BCUT2D eigenvalue weighted by Gasteiger charge is -1.87. The first-order valence-electron chi connectivity index (χ1n) is 1.99. The molecule has 0 heterocycles. The summed E-state index contributed by atoms with van der Waals surface area (Å²) in [7, 11) is 0. The fraction of sp³-hybridized carbons (Fsp3) is 0.500. The minimum absolute atomic E-state index is 0.329. The largest absolute Gasteiger partial charge is 0.415 e. The van der Waals surface area contributed by atoms with Crippen molar-refractivity contribution in [3.05, 3.63) is 0 Å². The molecule has 0 fully saturated rings. The number of carbonyl (C=O) groups is 1. The zero-order valence-electron chi connectivity index (χ0n) is 4.10. The van der Waals surface area contributed by atoms with E-state index in [1.165, 1.54) is 0 Å². The molecule has 1 N–H and O–H groups in total. The minimum atomic E-state index is -0.366. The third-order valence-electron chi connectivity index (χ3n) is 0.479. The standard InChI is InChI=1S/C4H7NO2/c1-2-4(6)7-3-5/h3,5H,2H2,1H3. The van der Waals surface area contributed by atoms with Crippen LogP contribution in [0, 0.1) is 5.41 Å². The third-order valence-corrected chi connectivity index (χ3v) is 0.479. The molecule has 40 valence electrons. The molecular formula is C4H7NO2. The lowest BCUT2D eigenvalue weighted by Crippen LogP contribution is -1.98. The van der Waals surface area contributed by atoms with Crippen LogP contribution in [0.15, 0.2) is 0 Å². The van der Waals surface area contributed by atoms with Crippen LogP contribution in [0.3, 0.4) is 0 Å². The molecule has 7 heavy (non-hydrogen) atoms. The number of nitrogens with one attached hydrogen (secondary N) is 1. The lowest BCUT2D eigenvalue weighted by molar-refractivity contribution is -0.134. The first kappa shape index (κ1) is 6.14. The Labute approximate surface area is 41.8 Å². The van der Waals surface area contributed by atoms with Crippen molar-refractivity contribution in [2.45, 2.75) is 13.3 Å². The molecule has 0 atom stereocenters. The van der Waals surface area contributed by atoms with E-state index in [0.717, 1.165) is 0 Å². The van der Waals surface area contributed by atoms with Gasteiger partial charge in [-0.15, -0.1) is 0 Å². The van der Waals surface area contributed by atoms with Gasteiger partial charge in [0.25, 0.3) is 0 Å². The molecule has 0 rings (SSSR count). The monoisotopic (exact) mass is 101 g/mol. The quantitative estimate of drug-likeness (QED) is 0.313. The van der Waals surface area contributed by atoms with Gasteiger partial charge in [0, 0.05) is 6.42 Å². The fourth-order valence-corrected chi connectivity index (χ4v) is 0.149. The molecule has 0 bridgehead atoms. The predicted molar refractivity (Wildman–Crippen MR) is 25.2 cm³/mol. The summed E-state index contributed by atoms with van der Waals surface area (Å²) >= 11 is 0. The molecule has 0 saturated heterocycles. The van der Waals surface area contributed by atoms with E-state index in [1.54, 1.807) is 6.92 Å². The maximum atomic E-state index is 10.0. The van der Waals surface area contributed by atoms with Gasteiger partial charge in [0.2, 0.25) is 0 Å². The number of carbonyl (C=O) groups excluding carboxylic acids is 1. The number of hydrogen-bond acceptors (Lipinski definition) is 3. The highest BCUT2D eigenvalue weighted by Gasteiger charge is 1.90. The molecule has 0 aliphatic heterocycles. The molecule has 0 radical (unpaired) electrons. The Kier molecular flexibility index (Phi) is 2.92.